The second-order valence-electron chi connectivity index (χ2n) is 7.39. The van der Waals surface area contributed by atoms with Crippen LogP contribution in [0.3, 0.4) is 0 Å². The van der Waals surface area contributed by atoms with Crippen LogP contribution in [-0.2, 0) is 5.41 Å². The molecule has 3 aromatic heterocycles. The van der Waals surface area contributed by atoms with Crippen LogP contribution in [0.5, 0.6) is 0 Å². The van der Waals surface area contributed by atoms with E-state index in [1.54, 1.807) is 23.2 Å². The minimum atomic E-state index is -0.201. The molecule has 136 valence electrons. The Bertz CT molecular complexity index is 1090. The number of benzene rings is 1. The normalized spacial score (nSPS) is 11.7. The van der Waals surface area contributed by atoms with E-state index >= 15 is 0 Å². The fraction of sp³-hybridized carbons (Fsp3) is 0.200. The molecule has 0 atom stereocenters. The van der Waals surface area contributed by atoms with Crippen molar-refractivity contribution < 1.29 is 4.79 Å². The molecule has 1 aromatic carbocycles. The van der Waals surface area contributed by atoms with Gasteiger partial charge in [0.25, 0.3) is 5.91 Å². The molecule has 3 heterocycles. The van der Waals surface area contributed by atoms with E-state index in [1.807, 2.05) is 36.4 Å². The summed E-state index contributed by atoms with van der Waals surface area (Å²) in [4.78, 5) is 23.9. The maximum absolute atomic E-state index is 12.5. The Morgan fingerprint density at radius 1 is 1.11 bits per heavy atom. The lowest BCUT2D eigenvalue weighted by molar-refractivity contribution is 0.102. The second kappa shape index (κ2) is 6.35. The highest BCUT2D eigenvalue weighted by molar-refractivity contribution is 6.03. The minimum Gasteiger partial charge on any atom is -0.343 e. The van der Waals surface area contributed by atoms with Crippen molar-refractivity contribution in [1.29, 1.82) is 0 Å². The van der Waals surface area contributed by atoms with E-state index in [2.05, 4.69) is 46.1 Å². The molecule has 0 fully saturated rings. The largest absolute Gasteiger partial charge is 0.343 e. The second-order valence-corrected chi connectivity index (χ2v) is 7.39. The summed E-state index contributed by atoms with van der Waals surface area (Å²) >= 11 is 0. The molecule has 7 heteroatoms. The molecule has 27 heavy (non-hydrogen) atoms. The number of aromatic amines is 1. The predicted octanol–water partition coefficient (Wildman–Crippen LogP) is 3.67. The van der Waals surface area contributed by atoms with Gasteiger partial charge in [0.05, 0.1) is 24.4 Å². The minimum absolute atomic E-state index is 0.0502. The van der Waals surface area contributed by atoms with Crippen LogP contribution >= 0.6 is 0 Å². The molecule has 0 aliphatic rings. The molecule has 0 aliphatic carbocycles. The maximum atomic E-state index is 12.5. The predicted molar refractivity (Wildman–Crippen MR) is 104 cm³/mol. The highest BCUT2D eigenvalue weighted by Gasteiger charge is 2.15. The number of hydrogen-bond donors (Lipinski definition) is 2. The van der Waals surface area contributed by atoms with Gasteiger partial charge >= 0.3 is 0 Å². The standard InChI is InChI=1S/C20H20N6O/c1-20(2,3)14-6-4-13(5-7-14)19(27)24-17-11-26-18(23-17)9-8-15(25-26)16-10-21-12-22-16/h4-12H,1-3H3,(H,21,22)(H,24,27). The summed E-state index contributed by atoms with van der Waals surface area (Å²) in [5.74, 6) is 0.252. The molecule has 0 aliphatic heterocycles. The summed E-state index contributed by atoms with van der Waals surface area (Å²) < 4.78 is 1.63. The van der Waals surface area contributed by atoms with Crippen molar-refractivity contribution in [3.05, 3.63) is 66.2 Å². The van der Waals surface area contributed by atoms with Gasteiger partial charge in [-0.25, -0.2) is 14.5 Å². The summed E-state index contributed by atoms with van der Waals surface area (Å²) in [6.45, 7) is 6.43. The zero-order chi connectivity index (χ0) is 19.0. The van der Waals surface area contributed by atoms with Gasteiger partial charge < -0.3 is 10.3 Å². The molecule has 2 N–H and O–H groups in total. The van der Waals surface area contributed by atoms with E-state index in [1.165, 1.54) is 5.56 Å². The number of carbonyl (C=O) groups is 1. The van der Waals surface area contributed by atoms with Gasteiger partial charge in [-0.05, 0) is 35.2 Å². The van der Waals surface area contributed by atoms with Gasteiger partial charge in [0.1, 0.15) is 5.69 Å². The van der Waals surface area contributed by atoms with Crippen LogP contribution in [0, 0.1) is 0 Å². The number of aromatic nitrogens is 5. The molecule has 0 radical (unpaired) electrons. The molecule has 4 rings (SSSR count). The first-order chi connectivity index (χ1) is 12.9. The Hall–Kier alpha value is -3.48. The van der Waals surface area contributed by atoms with E-state index in [-0.39, 0.29) is 11.3 Å². The van der Waals surface area contributed by atoms with Crippen LogP contribution in [0.4, 0.5) is 5.82 Å². The number of nitrogens with one attached hydrogen (secondary N) is 2. The van der Waals surface area contributed by atoms with Crippen molar-refractivity contribution in [3.63, 3.8) is 0 Å². The van der Waals surface area contributed by atoms with Gasteiger partial charge in [-0.15, -0.1) is 0 Å². The first-order valence-corrected chi connectivity index (χ1v) is 8.67. The SMILES string of the molecule is CC(C)(C)c1ccc(C(=O)Nc2cn3nc(-c4cnc[nH]4)ccc3n2)cc1. The molecule has 4 aromatic rings. The first-order valence-electron chi connectivity index (χ1n) is 8.67. The summed E-state index contributed by atoms with van der Waals surface area (Å²) in [6.07, 6.45) is 5.00. The molecular weight excluding hydrogens is 340 g/mol. The zero-order valence-electron chi connectivity index (χ0n) is 15.4. The van der Waals surface area contributed by atoms with Gasteiger partial charge in [-0.3, -0.25) is 4.79 Å². The van der Waals surface area contributed by atoms with Crippen LogP contribution in [0.25, 0.3) is 17.0 Å². The lowest BCUT2D eigenvalue weighted by Gasteiger charge is -2.18. The first kappa shape index (κ1) is 17.0. The van der Waals surface area contributed by atoms with E-state index in [4.69, 9.17) is 0 Å². The topological polar surface area (TPSA) is 88.0 Å². The van der Waals surface area contributed by atoms with Crippen LogP contribution in [0.1, 0.15) is 36.7 Å². The number of imidazole rings is 2. The van der Waals surface area contributed by atoms with Crippen molar-refractivity contribution in [1.82, 2.24) is 24.6 Å². The van der Waals surface area contributed by atoms with Gasteiger partial charge in [0.15, 0.2) is 11.5 Å². The highest BCUT2D eigenvalue weighted by atomic mass is 16.1. The summed E-state index contributed by atoms with van der Waals surface area (Å²) in [5.41, 5.74) is 4.03. The monoisotopic (exact) mass is 360 g/mol. The number of anilines is 1. The third-order valence-electron chi connectivity index (χ3n) is 4.35. The Kier molecular flexibility index (Phi) is 3.99. The molecule has 1 amide bonds. The van der Waals surface area contributed by atoms with Crippen molar-refractivity contribution >= 4 is 17.4 Å². The fourth-order valence-corrected chi connectivity index (χ4v) is 2.79. The Morgan fingerprint density at radius 2 is 1.89 bits per heavy atom. The van der Waals surface area contributed by atoms with Crippen molar-refractivity contribution in [2.75, 3.05) is 5.32 Å². The number of H-pyrrole nitrogens is 1. The Morgan fingerprint density at radius 3 is 2.56 bits per heavy atom. The number of hydrogen-bond acceptors (Lipinski definition) is 4. The zero-order valence-corrected chi connectivity index (χ0v) is 15.4. The van der Waals surface area contributed by atoms with E-state index in [0.29, 0.717) is 17.0 Å². The quantitative estimate of drug-likeness (QED) is 0.583. The summed E-state index contributed by atoms with van der Waals surface area (Å²) in [6, 6.07) is 11.3. The molecule has 0 unspecified atom stereocenters. The van der Waals surface area contributed by atoms with Crippen molar-refractivity contribution in [2.45, 2.75) is 26.2 Å². The lowest BCUT2D eigenvalue weighted by Crippen LogP contribution is -2.14. The number of nitrogens with zero attached hydrogens (tertiary/aromatic N) is 4. The molecule has 0 bridgehead atoms. The number of rotatable bonds is 3. The van der Waals surface area contributed by atoms with Crippen molar-refractivity contribution in [2.24, 2.45) is 0 Å². The number of amides is 1. The number of fused-ring (bicyclic) bond motifs is 1. The van der Waals surface area contributed by atoms with E-state index in [9.17, 15) is 4.79 Å². The maximum Gasteiger partial charge on any atom is 0.256 e. The van der Waals surface area contributed by atoms with Gasteiger partial charge in [0.2, 0.25) is 0 Å². The molecule has 0 saturated carbocycles. The molecule has 7 nitrogen and oxygen atoms in total. The fourth-order valence-electron chi connectivity index (χ4n) is 2.79. The average Bonchev–Trinajstić information content (AvgIpc) is 3.29. The molecule has 0 saturated heterocycles. The van der Waals surface area contributed by atoms with E-state index in [0.717, 1.165) is 11.4 Å². The van der Waals surface area contributed by atoms with Gasteiger partial charge in [-0.1, -0.05) is 32.9 Å². The Labute approximate surface area is 156 Å². The summed E-state index contributed by atoms with van der Waals surface area (Å²) in [7, 11) is 0. The summed E-state index contributed by atoms with van der Waals surface area (Å²) in [5, 5.41) is 7.32. The van der Waals surface area contributed by atoms with Crippen LogP contribution < -0.4 is 5.32 Å². The highest BCUT2D eigenvalue weighted by Crippen LogP contribution is 2.22. The molecule has 0 spiro atoms. The number of carbonyl (C=O) groups excluding carboxylic acids is 1. The average molecular weight is 360 g/mol. The Balaban J connectivity index is 1.55. The third-order valence-corrected chi connectivity index (χ3v) is 4.35. The van der Waals surface area contributed by atoms with Gasteiger partial charge in [0, 0.05) is 5.56 Å². The van der Waals surface area contributed by atoms with Crippen LogP contribution in [0.2, 0.25) is 0 Å². The molecular formula is C20H20N6O. The van der Waals surface area contributed by atoms with Gasteiger partial charge in [-0.2, -0.15) is 5.10 Å². The van der Waals surface area contributed by atoms with Crippen LogP contribution in [-0.4, -0.2) is 30.5 Å². The van der Waals surface area contributed by atoms with Crippen molar-refractivity contribution in [3.8, 4) is 11.4 Å². The van der Waals surface area contributed by atoms with E-state index < -0.39 is 0 Å². The third kappa shape index (κ3) is 3.44. The van der Waals surface area contributed by atoms with Crippen LogP contribution in [0.15, 0.2) is 55.1 Å². The lowest BCUT2D eigenvalue weighted by atomic mass is 9.87. The smallest absolute Gasteiger partial charge is 0.256 e.